The van der Waals surface area contributed by atoms with Gasteiger partial charge in [-0.25, -0.2) is 9.13 Å². The third-order valence-electron chi connectivity index (χ3n) is 14.9. The van der Waals surface area contributed by atoms with Crippen molar-refractivity contribution < 1.29 is 80.2 Å². The van der Waals surface area contributed by atoms with E-state index in [0.29, 0.717) is 31.6 Å². The largest absolute Gasteiger partial charge is 0.472 e. The molecule has 0 heterocycles. The van der Waals surface area contributed by atoms with Crippen molar-refractivity contribution >= 4 is 39.5 Å². The number of rotatable bonds is 61. The van der Waals surface area contributed by atoms with Gasteiger partial charge in [-0.3, -0.25) is 37.3 Å². The third-order valence-corrected chi connectivity index (χ3v) is 16.8. The Morgan fingerprint density at radius 3 is 0.855 bits per heavy atom. The summed E-state index contributed by atoms with van der Waals surface area (Å²) in [6.07, 6.45) is 33.7. The van der Waals surface area contributed by atoms with Gasteiger partial charge in [0.15, 0.2) is 12.2 Å². The summed E-state index contributed by atoms with van der Waals surface area (Å²) in [6.45, 7) is 13.9. The Labute approximate surface area is 505 Å². The van der Waals surface area contributed by atoms with Crippen LogP contribution in [0.4, 0.5) is 0 Å². The molecule has 0 aliphatic rings. The lowest BCUT2D eigenvalue weighted by molar-refractivity contribution is -0.161. The van der Waals surface area contributed by atoms with Crippen molar-refractivity contribution in [3.05, 3.63) is 0 Å². The van der Waals surface area contributed by atoms with Crippen LogP contribution in [0.2, 0.25) is 0 Å². The van der Waals surface area contributed by atoms with Gasteiger partial charge in [0.1, 0.15) is 19.3 Å². The van der Waals surface area contributed by atoms with E-state index in [4.69, 9.17) is 37.0 Å². The Kier molecular flexibility index (Phi) is 53.0. The van der Waals surface area contributed by atoms with Crippen LogP contribution in [-0.4, -0.2) is 96.7 Å². The topological polar surface area (TPSA) is 237 Å². The molecule has 0 aromatic rings. The molecule has 3 N–H and O–H groups in total. The lowest BCUT2D eigenvalue weighted by atomic mass is 10.00. The van der Waals surface area contributed by atoms with Crippen molar-refractivity contribution in [2.75, 3.05) is 39.6 Å². The van der Waals surface area contributed by atoms with Crippen LogP contribution in [-0.2, 0) is 65.4 Å². The first kappa shape index (κ1) is 81.1. The van der Waals surface area contributed by atoms with Crippen molar-refractivity contribution in [3.8, 4) is 0 Å². The second kappa shape index (κ2) is 54.2. The molecule has 6 atom stereocenters. The fourth-order valence-electron chi connectivity index (χ4n) is 9.40. The van der Waals surface area contributed by atoms with Gasteiger partial charge in [0, 0.05) is 25.7 Å². The first-order chi connectivity index (χ1) is 39.6. The Morgan fingerprint density at radius 2 is 0.578 bits per heavy atom. The van der Waals surface area contributed by atoms with E-state index in [1.165, 1.54) is 96.3 Å². The van der Waals surface area contributed by atoms with Gasteiger partial charge in [-0.15, -0.1) is 0 Å². The Balaban J connectivity index is 5.25. The van der Waals surface area contributed by atoms with Crippen LogP contribution in [0.1, 0.15) is 306 Å². The zero-order valence-corrected chi connectivity index (χ0v) is 55.6. The molecule has 0 fully saturated rings. The summed E-state index contributed by atoms with van der Waals surface area (Å²) in [4.78, 5) is 72.2. The van der Waals surface area contributed by atoms with Gasteiger partial charge in [-0.2, -0.15) is 0 Å². The summed E-state index contributed by atoms with van der Waals surface area (Å²) in [5, 5.41) is 10.5. The summed E-state index contributed by atoms with van der Waals surface area (Å²) in [5.41, 5.74) is 0. The number of ether oxygens (including phenoxy) is 4. The van der Waals surface area contributed by atoms with E-state index in [9.17, 15) is 43.2 Å². The molecular formula is C64H124O17P2. The zero-order chi connectivity index (χ0) is 61.8. The molecule has 83 heavy (non-hydrogen) atoms. The fourth-order valence-corrected chi connectivity index (χ4v) is 11.0. The number of hydrogen-bond donors (Lipinski definition) is 3. The number of carbonyl (C=O) groups excluding carboxylic acids is 4. The van der Waals surface area contributed by atoms with Crippen molar-refractivity contribution in [2.45, 2.75) is 324 Å². The minimum Gasteiger partial charge on any atom is -0.462 e. The van der Waals surface area contributed by atoms with Crippen LogP contribution in [0.3, 0.4) is 0 Å². The zero-order valence-electron chi connectivity index (χ0n) is 53.8. The van der Waals surface area contributed by atoms with E-state index < -0.39 is 97.5 Å². The highest BCUT2D eigenvalue weighted by atomic mass is 31.2. The first-order valence-electron chi connectivity index (χ1n) is 33.2. The molecular weight excluding hydrogens is 1100 g/mol. The highest BCUT2D eigenvalue weighted by Crippen LogP contribution is 2.45. The van der Waals surface area contributed by atoms with Crippen LogP contribution in [0.15, 0.2) is 0 Å². The Morgan fingerprint density at radius 1 is 0.337 bits per heavy atom. The second-order valence-electron chi connectivity index (χ2n) is 24.8. The minimum atomic E-state index is -4.94. The van der Waals surface area contributed by atoms with E-state index in [1.54, 1.807) is 0 Å². The highest BCUT2D eigenvalue weighted by Gasteiger charge is 2.30. The second-order valence-corrected chi connectivity index (χ2v) is 27.7. The molecule has 17 nitrogen and oxygen atoms in total. The maximum atomic E-state index is 13.0. The van der Waals surface area contributed by atoms with Gasteiger partial charge in [0.25, 0.3) is 0 Å². The molecule has 0 saturated carbocycles. The smallest absolute Gasteiger partial charge is 0.462 e. The molecule has 0 aliphatic heterocycles. The normalized spacial score (nSPS) is 14.8. The molecule has 0 amide bonds. The molecule has 0 aromatic heterocycles. The molecule has 492 valence electrons. The molecule has 0 aromatic carbocycles. The third kappa shape index (κ3) is 57.6. The Bertz CT molecular complexity index is 1660. The van der Waals surface area contributed by atoms with Crippen molar-refractivity contribution in [1.29, 1.82) is 0 Å². The lowest BCUT2D eigenvalue weighted by Crippen LogP contribution is -2.30. The number of phosphoric ester groups is 2. The maximum Gasteiger partial charge on any atom is 0.472 e. The summed E-state index contributed by atoms with van der Waals surface area (Å²) in [5.74, 6) is 0.738. The summed E-state index contributed by atoms with van der Waals surface area (Å²) >= 11 is 0. The minimum absolute atomic E-state index is 0.103. The van der Waals surface area contributed by atoms with Crippen LogP contribution >= 0.6 is 15.6 Å². The summed E-state index contributed by atoms with van der Waals surface area (Å²) in [7, 11) is -9.89. The molecule has 19 heteroatoms. The molecule has 0 aliphatic carbocycles. The van der Waals surface area contributed by atoms with E-state index >= 15 is 0 Å². The molecule has 0 radical (unpaired) electrons. The molecule has 0 bridgehead atoms. The van der Waals surface area contributed by atoms with Crippen LogP contribution < -0.4 is 0 Å². The van der Waals surface area contributed by atoms with E-state index in [0.717, 1.165) is 120 Å². The fraction of sp³-hybridized carbons (Fsp3) is 0.938. The Hall–Kier alpha value is -1.94. The number of carbonyl (C=O) groups is 4. The van der Waals surface area contributed by atoms with Crippen molar-refractivity contribution in [3.63, 3.8) is 0 Å². The number of hydrogen-bond acceptors (Lipinski definition) is 15. The van der Waals surface area contributed by atoms with Crippen LogP contribution in [0, 0.1) is 23.7 Å². The number of phosphoric acid groups is 2. The highest BCUT2D eigenvalue weighted by molar-refractivity contribution is 7.47. The summed E-state index contributed by atoms with van der Waals surface area (Å²) in [6, 6.07) is 0. The monoisotopic (exact) mass is 1230 g/mol. The van der Waals surface area contributed by atoms with Crippen LogP contribution in [0.5, 0.6) is 0 Å². The van der Waals surface area contributed by atoms with E-state index in [-0.39, 0.29) is 25.7 Å². The summed E-state index contributed by atoms with van der Waals surface area (Å²) < 4.78 is 68.0. The van der Waals surface area contributed by atoms with Gasteiger partial charge in [-0.05, 0) is 49.4 Å². The predicted molar refractivity (Wildman–Crippen MR) is 331 cm³/mol. The van der Waals surface area contributed by atoms with Crippen molar-refractivity contribution in [2.24, 2.45) is 23.7 Å². The lowest BCUT2D eigenvalue weighted by Gasteiger charge is -2.21. The standard InChI is InChI=1S/C64H124O17P2/c1-9-57(8)43-35-27-21-23-29-37-45-62(67)75-51-60(81-64(69)47-39-31-19-15-14-17-25-33-41-55(4)5)53-79-83(72,73)77-49-58(65)48-76-82(70,71)78-52-59(50-74-61(66)44-36-28-22-20-26-34-42-56(6)7)80-63(68)46-38-30-18-13-11-10-12-16-24-32-40-54(2)3/h54-60,65H,9-53H2,1-8H3,(H,70,71)(H,72,73)/t57?,58-,59-,60-/m1/s1. The van der Waals surface area contributed by atoms with E-state index in [1.807, 2.05) is 0 Å². The van der Waals surface area contributed by atoms with Crippen molar-refractivity contribution in [1.82, 2.24) is 0 Å². The average Bonchev–Trinajstić information content (AvgIpc) is 3.45. The quantitative estimate of drug-likeness (QED) is 0.0222. The molecule has 3 unspecified atom stereocenters. The predicted octanol–water partition coefficient (Wildman–Crippen LogP) is 17.4. The number of aliphatic hydroxyl groups is 1. The van der Waals surface area contributed by atoms with Gasteiger partial charge in [0.2, 0.25) is 0 Å². The van der Waals surface area contributed by atoms with Gasteiger partial charge in [0.05, 0.1) is 26.4 Å². The van der Waals surface area contributed by atoms with Gasteiger partial charge in [-0.1, -0.05) is 254 Å². The molecule has 0 rings (SSSR count). The SMILES string of the molecule is CCC(C)CCCCCCCCC(=O)OC[C@H](COP(=O)(O)OC[C@H](O)COP(=O)(O)OC[C@@H](COC(=O)CCCCCCCCC(C)C)OC(=O)CCCCCCCCCCCCC(C)C)OC(=O)CCCCCCCCCCC(C)C. The maximum absolute atomic E-state index is 13.0. The average molecular weight is 1230 g/mol. The number of unbranched alkanes of at least 4 members (excludes halogenated alkanes) is 26. The molecule has 0 spiro atoms. The number of esters is 4. The van der Waals surface area contributed by atoms with Gasteiger partial charge >= 0.3 is 39.5 Å². The van der Waals surface area contributed by atoms with Gasteiger partial charge < -0.3 is 33.8 Å². The van der Waals surface area contributed by atoms with E-state index in [2.05, 4.69) is 55.4 Å². The molecule has 0 saturated heterocycles. The van der Waals surface area contributed by atoms with Crippen LogP contribution in [0.25, 0.3) is 0 Å². The number of aliphatic hydroxyl groups excluding tert-OH is 1. The first-order valence-corrected chi connectivity index (χ1v) is 36.2.